The van der Waals surface area contributed by atoms with Gasteiger partial charge in [-0.05, 0) is 52.7 Å². The number of nitrogens with one attached hydrogen (secondary N) is 1. The average molecular weight is 514 g/mol. The highest BCUT2D eigenvalue weighted by molar-refractivity contribution is 9.10. The Bertz CT molecular complexity index is 1230. The van der Waals surface area contributed by atoms with Gasteiger partial charge in [-0.15, -0.1) is 6.42 Å². The van der Waals surface area contributed by atoms with E-state index in [4.69, 9.17) is 15.9 Å². The molecule has 1 fully saturated rings. The highest BCUT2D eigenvalue weighted by Gasteiger charge is 2.37. The van der Waals surface area contributed by atoms with E-state index in [2.05, 4.69) is 27.2 Å². The zero-order valence-corrected chi connectivity index (χ0v) is 18.7. The smallest absolute Gasteiger partial charge is 0.335 e. The van der Waals surface area contributed by atoms with Gasteiger partial charge in [-0.25, -0.2) is 9.69 Å². The molecule has 0 radical (unpaired) electrons. The minimum Gasteiger partial charge on any atom is -0.490 e. The van der Waals surface area contributed by atoms with Crippen LogP contribution >= 0.6 is 15.9 Å². The van der Waals surface area contributed by atoms with Crippen LogP contribution in [0.3, 0.4) is 0 Å². The second kappa shape index (κ2) is 9.97. The number of barbiturate groups is 1. The predicted molar refractivity (Wildman–Crippen MR) is 122 cm³/mol. The monoisotopic (exact) mass is 513 g/mol. The van der Waals surface area contributed by atoms with Crippen molar-refractivity contribution >= 4 is 51.2 Å². The number of anilines is 1. The predicted octanol–water partition coefficient (Wildman–Crippen LogP) is 3.43. The van der Waals surface area contributed by atoms with Crippen molar-refractivity contribution < 1.29 is 28.8 Å². The maximum Gasteiger partial charge on any atom is 0.335 e. The van der Waals surface area contributed by atoms with E-state index in [0.717, 1.165) is 6.07 Å². The average Bonchev–Trinajstić information content (AvgIpc) is 2.76. The zero-order valence-electron chi connectivity index (χ0n) is 17.2. The molecule has 1 aliphatic rings. The third-order valence-electron chi connectivity index (χ3n) is 4.34. The molecule has 0 aromatic heterocycles. The Morgan fingerprint density at radius 2 is 2.00 bits per heavy atom. The summed E-state index contributed by atoms with van der Waals surface area (Å²) in [5, 5.41) is 13.1. The number of terminal acetylenes is 1. The molecule has 3 rings (SSSR count). The molecule has 0 spiro atoms. The molecule has 0 saturated carbocycles. The van der Waals surface area contributed by atoms with E-state index in [9.17, 15) is 24.5 Å². The van der Waals surface area contributed by atoms with Gasteiger partial charge in [0.25, 0.3) is 17.5 Å². The van der Waals surface area contributed by atoms with Gasteiger partial charge in [0.05, 0.1) is 21.7 Å². The number of carbonyl (C=O) groups excluding carboxylic acids is 3. The number of benzene rings is 2. The van der Waals surface area contributed by atoms with Gasteiger partial charge in [-0.3, -0.25) is 25.0 Å². The quantitative estimate of drug-likeness (QED) is 0.197. The zero-order chi connectivity index (χ0) is 24.1. The van der Waals surface area contributed by atoms with E-state index in [1.807, 2.05) is 0 Å². The van der Waals surface area contributed by atoms with Crippen LogP contribution in [-0.4, -0.2) is 36.0 Å². The SMILES string of the molecule is C#CCOc1c(Br)cc(/C=C2\C(=O)NC(=O)N(c3cccc([N+](=O)[O-])c3)C2=O)cc1OCC. The first-order valence-corrected chi connectivity index (χ1v) is 10.2. The fourth-order valence-electron chi connectivity index (χ4n) is 2.99. The lowest BCUT2D eigenvalue weighted by Crippen LogP contribution is -2.54. The summed E-state index contributed by atoms with van der Waals surface area (Å²) in [5.41, 5.74) is -0.333. The van der Waals surface area contributed by atoms with Crippen molar-refractivity contribution in [1.29, 1.82) is 0 Å². The first-order chi connectivity index (χ1) is 15.8. The van der Waals surface area contributed by atoms with Gasteiger partial charge in [0.15, 0.2) is 11.5 Å². The van der Waals surface area contributed by atoms with Crippen molar-refractivity contribution in [2.75, 3.05) is 18.1 Å². The number of nitro groups is 1. The summed E-state index contributed by atoms with van der Waals surface area (Å²) in [6, 6.07) is 7.06. The van der Waals surface area contributed by atoms with E-state index in [0.29, 0.717) is 33.0 Å². The number of rotatable bonds is 7. The molecule has 1 aliphatic heterocycles. The van der Waals surface area contributed by atoms with Gasteiger partial charge in [0, 0.05) is 12.1 Å². The summed E-state index contributed by atoms with van der Waals surface area (Å²) in [4.78, 5) is 48.9. The molecule has 2 aromatic rings. The van der Waals surface area contributed by atoms with Crippen LogP contribution in [0.5, 0.6) is 11.5 Å². The van der Waals surface area contributed by atoms with Crippen LogP contribution in [0.4, 0.5) is 16.2 Å². The van der Waals surface area contributed by atoms with Gasteiger partial charge < -0.3 is 9.47 Å². The molecule has 11 heteroatoms. The molecule has 4 amide bonds. The van der Waals surface area contributed by atoms with Crippen LogP contribution in [0.1, 0.15) is 12.5 Å². The van der Waals surface area contributed by atoms with Crippen molar-refractivity contribution in [2.45, 2.75) is 6.92 Å². The minimum atomic E-state index is -1.02. The van der Waals surface area contributed by atoms with Gasteiger partial charge in [0.2, 0.25) is 0 Å². The van der Waals surface area contributed by atoms with Crippen LogP contribution < -0.4 is 19.7 Å². The van der Waals surface area contributed by atoms with Crippen LogP contribution in [-0.2, 0) is 9.59 Å². The Morgan fingerprint density at radius 3 is 2.67 bits per heavy atom. The van der Waals surface area contributed by atoms with Gasteiger partial charge >= 0.3 is 6.03 Å². The molecule has 0 atom stereocenters. The number of ether oxygens (including phenoxy) is 2. The molecule has 2 aromatic carbocycles. The molecule has 1 N–H and O–H groups in total. The Morgan fingerprint density at radius 1 is 1.24 bits per heavy atom. The number of carbonyl (C=O) groups is 3. The largest absolute Gasteiger partial charge is 0.490 e. The highest BCUT2D eigenvalue weighted by atomic mass is 79.9. The lowest BCUT2D eigenvalue weighted by molar-refractivity contribution is -0.384. The number of urea groups is 1. The molecular formula is C22H16BrN3O7. The number of nitro benzene ring substituents is 1. The van der Waals surface area contributed by atoms with Crippen molar-refractivity contribution in [3.8, 4) is 23.8 Å². The summed E-state index contributed by atoms with van der Waals surface area (Å²) in [5.74, 6) is 1.18. The van der Waals surface area contributed by atoms with E-state index in [-0.39, 0.29) is 23.6 Å². The standard InChI is InChI=1S/C22H16BrN3O7/c1-3-8-33-19-17(23)10-13(11-18(19)32-4-2)9-16-20(27)24-22(29)25(21(16)28)14-6-5-7-15(12-14)26(30)31/h1,5-7,9-12H,4,8H2,2H3,(H,24,27,29)/b16-9+. The van der Waals surface area contributed by atoms with E-state index in [1.165, 1.54) is 24.3 Å². The second-order valence-corrected chi connectivity index (χ2v) is 7.34. The number of amides is 4. The van der Waals surface area contributed by atoms with Gasteiger partial charge in [-0.2, -0.15) is 0 Å². The molecule has 1 heterocycles. The first-order valence-electron chi connectivity index (χ1n) is 9.45. The fourth-order valence-corrected chi connectivity index (χ4v) is 3.57. The Hall–Kier alpha value is -4.17. The fraction of sp³-hybridized carbons (Fsp3) is 0.136. The lowest BCUT2D eigenvalue weighted by Gasteiger charge is -2.26. The third kappa shape index (κ3) is 5.02. The number of hydrogen-bond donors (Lipinski definition) is 1. The third-order valence-corrected chi connectivity index (χ3v) is 4.93. The van der Waals surface area contributed by atoms with Crippen LogP contribution in [0.15, 0.2) is 46.4 Å². The molecule has 0 aliphatic carbocycles. The number of nitrogens with zero attached hydrogens (tertiary/aromatic N) is 2. The number of hydrogen-bond acceptors (Lipinski definition) is 7. The molecular weight excluding hydrogens is 498 g/mol. The van der Waals surface area contributed by atoms with Crippen LogP contribution in [0.2, 0.25) is 0 Å². The maximum absolute atomic E-state index is 13.1. The molecule has 1 saturated heterocycles. The van der Waals surface area contributed by atoms with Crippen molar-refractivity contribution in [3.63, 3.8) is 0 Å². The van der Waals surface area contributed by atoms with Crippen LogP contribution in [0, 0.1) is 22.5 Å². The number of imide groups is 2. The Labute approximate surface area is 196 Å². The minimum absolute atomic E-state index is 0.000284. The van der Waals surface area contributed by atoms with E-state index >= 15 is 0 Å². The Kier molecular flexibility index (Phi) is 7.10. The molecule has 33 heavy (non-hydrogen) atoms. The molecule has 0 bridgehead atoms. The maximum atomic E-state index is 13.1. The summed E-state index contributed by atoms with van der Waals surface area (Å²) >= 11 is 3.36. The molecule has 10 nitrogen and oxygen atoms in total. The Balaban J connectivity index is 2.04. The van der Waals surface area contributed by atoms with Crippen molar-refractivity contribution in [1.82, 2.24) is 5.32 Å². The van der Waals surface area contributed by atoms with Crippen LogP contribution in [0.25, 0.3) is 6.08 Å². The first kappa shape index (κ1) is 23.5. The van der Waals surface area contributed by atoms with E-state index < -0.39 is 22.8 Å². The summed E-state index contributed by atoms with van der Waals surface area (Å²) in [6.07, 6.45) is 6.51. The normalized spacial score (nSPS) is 14.6. The summed E-state index contributed by atoms with van der Waals surface area (Å²) in [6.45, 7) is 2.08. The molecule has 168 valence electrons. The summed E-state index contributed by atoms with van der Waals surface area (Å²) in [7, 11) is 0. The highest BCUT2D eigenvalue weighted by Crippen LogP contribution is 2.38. The van der Waals surface area contributed by atoms with Crippen molar-refractivity contribution in [3.05, 3.63) is 62.1 Å². The van der Waals surface area contributed by atoms with Gasteiger partial charge in [0.1, 0.15) is 12.2 Å². The topological polar surface area (TPSA) is 128 Å². The van der Waals surface area contributed by atoms with Crippen molar-refractivity contribution in [2.24, 2.45) is 0 Å². The van der Waals surface area contributed by atoms with Gasteiger partial charge in [-0.1, -0.05) is 12.0 Å². The van der Waals surface area contributed by atoms with E-state index in [1.54, 1.807) is 19.1 Å². The number of halogens is 1. The lowest BCUT2D eigenvalue weighted by atomic mass is 10.1. The number of non-ortho nitro benzene ring substituents is 1. The molecule has 0 unspecified atom stereocenters. The summed E-state index contributed by atoms with van der Waals surface area (Å²) < 4.78 is 11.5. The second-order valence-electron chi connectivity index (χ2n) is 6.49.